The van der Waals surface area contributed by atoms with Crippen LogP contribution in [-0.2, 0) is 26.8 Å². The maximum absolute atomic E-state index is 13.3. The van der Waals surface area contributed by atoms with E-state index < -0.39 is 15.4 Å². The van der Waals surface area contributed by atoms with Gasteiger partial charge in [0.15, 0.2) is 0 Å². The van der Waals surface area contributed by atoms with Crippen LogP contribution in [0.25, 0.3) is 0 Å². The van der Waals surface area contributed by atoms with Crippen LogP contribution >= 0.6 is 0 Å². The molecule has 168 valence electrons. The van der Waals surface area contributed by atoms with Gasteiger partial charge in [-0.3, -0.25) is 4.79 Å². The molecular formula is C25H34N2O3S. The van der Waals surface area contributed by atoms with Crippen LogP contribution < -0.4 is 5.32 Å². The molecule has 1 saturated heterocycles. The summed E-state index contributed by atoms with van der Waals surface area (Å²) in [6, 6.07) is 15.1. The number of sulfonamides is 1. The lowest BCUT2D eigenvalue weighted by Gasteiger charge is -2.38. The predicted octanol–water partition coefficient (Wildman–Crippen LogP) is 4.40. The summed E-state index contributed by atoms with van der Waals surface area (Å²) in [6.07, 6.45) is 1.33. The Hall–Kier alpha value is -2.18. The van der Waals surface area contributed by atoms with Crippen LogP contribution in [0.15, 0.2) is 53.4 Å². The van der Waals surface area contributed by atoms with Crippen LogP contribution in [0.3, 0.4) is 0 Å². The SMILES string of the molecule is Cc1ccccc1CNC(=O)[C@@]1(C)CCCN(S(=O)(=O)c2ccc(C(C)(C)C)cc2)C1. The van der Waals surface area contributed by atoms with Crippen LogP contribution in [0, 0.1) is 12.3 Å². The molecule has 6 heteroatoms. The summed E-state index contributed by atoms with van der Waals surface area (Å²) < 4.78 is 28.0. The number of carbonyl (C=O) groups excluding carboxylic acids is 1. The Balaban J connectivity index is 1.73. The molecule has 3 rings (SSSR count). The highest BCUT2D eigenvalue weighted by molar-refractivity contribution is 7.89. The minimum absolute atomic E-state index is 0.0405. The third-order valence-electron chi connectivity index (χ3n) is 6.27. The second-order valence-electron chi connectivity index (χ2n) is 9.89. The van der Waals surface area contributed by atoms with E-state index in [1.165, 1.54) is 4.31 Å². The monoisotopic (exact) mass is 442 g/mol. The van der Waals surface area contributed by atoms with Gasteiger partial charge in [0.25, 0.3) is 0 Å². The fourth-order valence-electron chi connectivity index (χ4n) is 4.06. The average molecular weight is 443 g/mol. The number of hydrogen-bond donors (Lipinski definition) is 1. The van der Waals surface area contributed by atoms with Gasteiger partial charge in [-0.05, 0) is 60.9 Å². The molecule has 0 saturated carbocycles. The first-order chi connectivity index (χ1) is 14.4. The van der Waals surface area contributed by atoms with E-state index in [0.717, 1.165) is 16.7 Å². The van der Waals surface area contributed by atoms with E-state index >= 15 is 0 Å². The van der Waals surface area contributed by atoms with Crippen molar-refractivity contribution in [2.45, 2.75) is 64.3 Å². The second-order valence-corrected chi connectivity index (χ2v) is 11.8. The normalized spacial score (nSPS) is 20.4. The lowest BCUT2D eigenvalue weighted by atomic mass is 9.82. The molecule has 1 atom stereocenters. The summed E-state index contributed by atoms with van der Waals surface area (Å²) in [7, 11) is -3.65. The Morgan fingerprint density at radius 1 is 1.10 bits per heavy atom. The van der Waals surface area contributed by atoms with Crippen molar-refractivity contribution in [2.24, 2.45) is 5.41 Å². The van der Waals surface area contributed by atoms with E-state index in [1.54, 1.807) is 12.1 Å². The molecule has 1 aliphatic rings. The largest absolute Gasteiger partial charge is 0.352 e. The van der Waals surface area contributed by atoms with E-state index in [2.05, 4.69) is 26.1 Å². The molecule has 1 amide bonds. The Morgan fingerprint density at radius 3 is 2.35 bits per heavy atom. The van der Waals surface area contributed by atoms with Gasteiger partial charge in [-0.15, -0.1) is 0 Å². The highest BCUT2D eigenvalue weighted by Gasteiger charge is 2.41. The lowest BCUT2D eigenvalue weighted by Crippen LogP contribution is -2.51. The smallest absolute Gasteiger partial charge is 0.243 e. The first kappa shape index (κ1) is 23.5. The Labute approximate surface area is 186 Å². The third-order valence-corrected chi connectivity index (χ3v) is 8.13. The standard InChI is InChI=1S/C25H34N2O3S/c1-19-9-6-7-10-20(19)17-26-23(28)25(5)15-8-16-27(18-25)31(29,30)22-13-11-21(12-14-22)24(2,3)4/h6-7,9-14H,8,15-18H2,1-5H3,(H,26,28)/t25-/m0/s1. The molecule has 1 fully saturated rings. The van der Waals surface area contributed by atoms with Crippen molar-refractivity contribution in [3.8, 4) is 0 Å². The molecule has 0 bridgehead atoms. The fraction of sp³-hybridized carbons (Fsp3) is 0.480. The van der Waals surface area contributed by atoms with Gasteiger partial charge in [0.2, 0.25) is 15.9 Å². The fourth-order valence-corrected chi connectivity index (χ4v) is 5.66. The first-order valence-corrected chi connectivity index (χ1v) is 12.3. The summed E-state index contributed by atoms with van der Waals surface area (Å²) >= 11 is 0. The summed E-state index contributed by atoms with van der Waals surface area (Å²) in [5, 5.41) is 3.03. The zero-order valence-electron chi connectivity index (χ0n) is 19.2. The molecule has 1 N–H and O–H groups in total. The molecule has 0 spiro atoms. The molecular weight excluding hydrogens is 408 g/mol. The van der Waals surface area contributed by atoms with Gasteiger partial charge in [0.1, 0.15) is 0 Å². The maximum Gasteiger partial charge on any atom is 0.243 e. The van der Waals surface area contributed by atoms with Crippen molar-refractivity contribution in [3.63, 3.8) is 0 Å². The summed E-state index contributed by atoms with van der Waals surface area (Å²) in [4.78, 5) is 13.3. The molecule has 0 radical (unpaired) electrons. The van der Waals surface area contributed by atoms with Gasteiger partial charge in [0, 0.05) is 19.6 Å². The van der Waals surface area contributed by atoms with Gasteiger partial charge in [-0.1, -0.05) is 57.2 Å². The van der Waals surface area contributed by atoms with E-state index in [4.69, 9.17) is 0 Å². The van der Waals surface area contributed by atoms with Gasteiger partial charge in [-0.2, -0.15) is 4.31 Å². The van der Waals surface area contributed by atoms with Gasteiger partial charge in [0.05, 0.1) is 10.3 Å². The molecule has 1 heterocycles. The maximum atomic E-state index is 13.3. The summed E-state index contributed by atoms with van der Waals surface area (Å²) in [5.74, 6) is -0.0984. The van der Waals surface area contributed by atoms with Crippen LogP contribution in [0.5, 0.6) is 0 Å². The van der Waals surface area contributed by atoms with Crippen LogP contribution in [0.4, 0.5) is 0 Å². The zero-order valence-corrected chi connectivity index (χ0v) is 20.1. The van der Waals surface area contributed by atoms with Crippen molar-refractivity contribution in [3.05, 3.63) is 65.2 Å². The summed E-state index contributed by atoms with van der Waals surface area (Å²) in [5.41, 5.74) is 2.49. The van der Waals surface area contributed by atoms with Crippen molar-refractivity contribution < 1.29 is 13.2 Å². The van der Waals surface area contributed by atoms with Crippen molar-refractivity contribution >= 4 is 15.9 Å². The van der Waals surface area contributed by atoms with Crippen LogP contribution in [0.1, 0.15) is 57.2 Å². The highest BCUT2D eigenvalue weighted by atomic mass is 32.2. The molecule has 0 aliphatic carbocycles. The van der Waals surface area contributed by atoms with E-state index in [0.29, 0.717) is 25.9 Å². The number of hydrogen-bond acceptors (Lipinski definition) is 3. The topological polar surface area (TPSA) is 66.5 Å². The van der Waals surface area contributed by atoms with E-state index in [1.807, 2.05) is 50.2 Å². The van der Waals surface area contributed by atoms with Crippen molar-refractivity contribution in [1.29, 1.82) is 0 Å². The predicted molar refractivity (Wildman–Crippen MR) is 124 cm³/mol. The molecule has 1 aliphatic heterocycles. The zero-order chi connectivity index (χ0) is 22.9. The number of rotatable bonds is 5. The number of piperidine rings is 1. The Bertz CT molecular complexity index is 1040. The molecule has 2 aromatic rings. The lowest BCUT2D eigenvalue weighted by molar-refractivity contribution is -0.132. The number of aryl methyl sites for hydroxylation is 1. The Kier molecular flexibility index (Phi) is 6.63. The van der Waals surface area contributed by atoms with Crippen molar-refractivity contribution in [1.82, 2.24) is 9.62 Å². The molecule has 0 unspecified atom stereocenters. The van der Waals surface area contributed by atoms with Gasteiger partial charge in [-0.25, -0.2) is 8.42 Å². The van der Waals surface area contributed by atoms with E-state index in [9.17, 15) is 13.2 Å². The number of carbonyl (C=O) groups is 1. The van der Waals surface area contributed by atoms with E-state index in [-0.39, 0.29) is 22.8 Å². The van der Waals surface area contributed by atoms with Crippen LogP contribution in [0.2, 0.25) is 0 Å². The molecule has 0 aromatic heterocycles. The molecule has 5 nitrogen and oxygen atoms in total. The van der Waals surface area contributed by atoms with Gasteiger partial charge >= 0.3 is 0 Å². The van der Waals surface area contributed by atoms with Gasteiger partial charge < -0.3 is 5.32 Å². The number of amides is 1. The summed E-state index contributed by atoms with van der Waals surface area (Å²) in [6.45, 7) is 11.3. The third kappa shape index (κ3) is 5.18. The molecule has 2 aromatic carbocycles. The number of nitrogens with zero attached hydrogens (tertiary/aromatic N) is 1. The second kappa shape index (κ2) is 8.75. The van der Waals surface area contributed by atoms with Crippen LogP contribution in [-0.4, -0.2) is 31.7 Å². The minimum atomic E-state index is -3.65. The first-order valence-electron chi connectivity index (χ1n) is 10.9. The number of nitrogens with one attached hydrogen (secondary N) is 1. The average Bonchev–Trinajstić information content (AvgIpc) is 2.72. The minimum Gasteiger partial charge on any atom is -0.352 e. The van der Waals surface area contributed by atoms with Crippen molar-refractivity contribution in [2.75, 3.05) is 13.1 Å². The molecule has 31 heavy (non-hydrogen) atoms. The Morgan fingerprint density at radius 2 is 1.74 bits per heavy atom. The quantitative estimate of drug-likeness (QED) is 0.746. The highest BCUT2D eigenvalue weighted by Crippen LogP contribution is 2.33. The number of benzene rings is 2.